The Labute approximate surface area is 140 Å². The number of nitrogens with one attached hydrogen (secondary N) is 2. The van der Waals surface area contributed by atoms with Gasteiger partial charge in [0.1, 0.15) is 11.6 Å². The molecule has 0 fully saturated rings. The summed E-state index contributed by atoms with van der Waals surface area (Å²) in [6.45, 7) is 1.43. The molecule has 0 unspecified atom stereocenters. The van der Waals surface area contributed by atoms with Crippen molar-refractivity contribution in [2.75, 3.05) is 30.4 Å². The van der Waals surface area contributed by atoms with Gasteiger partial charge >= 0.3 is 6.03 Å². The third-order valence-electron chi connectivity index (χ3n) is 4.11. The van der Waals surface area contributed by atoms with Crippen LogP contribution < -0.4 is 15.5 Å². The minimum Gasteiger partial charge on any atom is -0.370 e. The van der Waals surface area contributed by atoms with E-state index in [9.17, 15) is 9.18 Å². The molecular weight excluding hydrogens is 307 g/mol. The molecule has 0 spiro atoms. The summed E-state index contributed by atoms with van der Waals surface area (Å²) >= 11 is 0. The number of aryl methyl sites for hydroxylation is 1. The molecule has 0 radical (unpaired) electrons. The van der Waals surface area contributed by atoms with E-state index in [0.717, 1.165) is 30.9 Å². The highest BCUT2D eigenvalue weighted by atomic mass is 19.1. The van der Waals surface area contributed by atoms with E-state index in [1.54, 1.807) is 19.2 Å². The molecule has 5 nitrogen and oxygen atoms in total. The first-order valence-electron chi connectivity index (χ1n) is 8.13. The number of urea groups is 1. The average Bonchev–Trinajstić information content (AvgIpc) is 2.61. The van der Waals surface area contributed by atoms with Crippen LogP contribution in [0, 0.1) is 5.82 Å². The molecule has 0 saturated heterocycles. The van der Waals surface area contributed by atoms with E-state index in [0.29, 0.717) is 18.7 Å². The highest BCUT2D eigenvalue weighted by Gasteiger charge is 2.12. The third-order valence-corrected chi connectivity index (χ3v) is 4.11. The van der Waals surface area contributed by atoms with Gasteiger partial charge in [-0.05, 0) is 42.7 Å². The maximum absolute atomic E-state index is 13.2. The van der Waals surface area contributed by atoms with Crippen LogP contribution in [0.3, 0.4) is 0 Å². The van der Waals surface area contributed by atoms with Crippen LogP contribution in [-0.2, 0) is 12.8 Å². The van der Waals surface area contributed by atoms with E-state index >= 15 is 0 Å². The maximum atomic E-state index is 13.2. The third kappa shape index (κ3) is 3.82. The van der Waals surface area contributed by atoms with Crippen molar-refractivity contribution in [3.63, 3.8) is 0 Å². The Morgan fingerprint density at radius 1 is 1.38 bits per heavy atom. The Hall–Kier alpha value is -2.63. The molecule has 3 rings (SSSR count). The number of rotatable bonds is 4. The zero-order valence-electron chi connectivity index (χ0n) is 13.7. The van der Waals surface area contributed by atoms with Crippen LogP contribution in [0.25, 0.3) is 0 Å². The van der Waals surface area contributed by atoms with Gasteiger partial charge in [-0.2, -0.15) is 0 Å². The van der Waals surface area contributed by atoms with Gasteiger partial charge in [-0.15, -0.1) is 0 Å². The van der Waals surface area contributed by atoms with Crippen LogP contribution in [-0.4, -0.2) is 31.2 Å². The van der Waals surface area contributed by atoms with Gasteiger partial charge in [0, 0.05) is 37.9 Å². The second-order valence-corrected chi connectivity index (χ2v) is 5.86. The minimum absolute atomic E-state index is 0.267. The number of nitrogens with zero attached hydrogens (tertiary/aromatic N) is 2. The summed E-state index contributed by atoms with van der Waals surface area (Å²) in [6.07, 6.45) is 2.85. The monoisotopic (exact) mass is 328 g/mol. The number of carbonyl (C=O) groups excluding carboxylic acids is 1. The number of halogens is 1. The van der Waals surface area contributed by atoms with Crippen LogP contribution >= 0.6 is 0 Å². The van der Waals surface area contributed by atoms with E-state index in [4.69, 9.17) is 0 Å². The van der Waals surface area contributed by atoms with Crippen molar-refractivity contribution in [2.45, 2.75) is 19.3 Å². The molecule has 6 heteroatoms. The maximum Gasteiger partial charge on any atom is 0.321 e. The number of hydrogen-bond acceptors (Lipinski definition) is 3. The molecule has 126 valence electrons. The lowest BCUT2D eigenvalue weighted by atomic mass is 10.1. The van der Waals surface area contributed by atoms with Crippen molar-refractivity contribution >= 4 is 17.5 Å². The van der Waals surface area contributed by atoms with Crippen molar-refractivity contribution in [3.05, 3.63) is 53.5 Å². The van der Waals surface area contributed by atoms with Gasteiger partial charge in [0.25, 0.3) is 0 Å². The summed E-state index contributed by atoms with van der Waals surface area (Å²) in [5.74, 6) is 0.597. The number of benzene rings is 1. The van der Waals surface area contributed by atoms with Gasteiger partial charge in [0.15, 0.2) is 0 Å². The van der Waals surface area contributed by atoms with E-state index in [1.807, 2.05) is 6.07 Å². The lowest BCUT2D eigenvalue weighted by Gasteiger charge is -2.19. The highest BCUT2D eigenvalue weighted by molar-refractivity contribution is 5.91. The standard InChI is InChI=1S/C18H21FN4O/c1-23(16-6-2-5-14(19)12-16)18(24)21-11-9-15-8-7-13-4-3-10-20-17(13)22-15/h2,5-8,12H,3-4,9-11H2,1H3,(H,20,22)(H,21,24). The normalized spacial score (nSPS) is 12.9. The van der Waals surface area contributed by atoms with Crippen molar-refractivity contribution in [1.82, 2.24) is 10.3 Å². The SMILES string of the molecule is CN(C(=O)NCCc1ccc2c(n1)NCCC2)c1cccc(F)c1. The lowest BCUT2D eigenvalue weighted by Crippen LogP contribution is -2.38. The molecule has 2 heterocycles. The van der Waals surface area contributed by atoms with Gasteiger partial charge < -0.3 is 10.6 Å². The summed E-state index contributed by atoms with van der Waals surface area (Å²) < 4.78 is 13.2. The highest BCUT2D eigenvalue weighted by Crippen LogP contribution is 2.19. The van der Waals surface area contributed by atoms with Gasteiger partial charge in [0.2, 0.25) is 0 Å². The molecule has 0 atom stereocenters. The van der Waals surface area contributed by atoms with Crippen LogP contribution in [0.1, 0.15) is 17.7 Å². The summed E-state index contributed by atoms with van der Waals surface area (Å²) in [5.41, 5.74) is 2.71. The first-order chi connectivity index (χ1) is 11.6. The summed E-state index contributed by atoms with van der Waals surface area (Å²) in [5, 5.41) is 6.14. The number of anilines is 2. The topological polar surface area (TPSA) is 57.3 Å². The largest absolute Gasteiger partial charge is 0.370 e. The molecule has 2 amide bonds. The molecule has 1 aliphatic heterocycles. The number of aromatic nitrogens is 1. The van der Waals surface area contributed by atoms with Crippen molar-refractivity contribution in [2.24, 2.45) is 0 Å². The van der Waals surface area contributed by atoms with E-state index in [1.165, 1.54) is 22.6 Å². The molecule has 0 saturated carbocycles. The molecule has 1 aromatic heterocycles. The Bertz CT molecular complexity index is 735. The van der Waals surface area contributed by atoms with E-state index in [2.05, 4.69) is 21.7 Å². The smallest absolute Gasteiger partial charge is 0.321 e. The van der Waals surface area contributed by atoms with Crippen molar-refractivity contribution < 1.29 is 9.18 Å². The Kier molecular flexibility index (Phi) is 4.93. The predicted octanol–water partition coefficient (Wildman–Crippen LogP) is 2.97. The first kappa shape index (κ1) is 16.2. The summed E-state index contributed by atoms with van der Waals surface area (Å²) in [6, 6.07) is 9.80. The lowest BCUT2D eigenvalue weighted by molar-refractivity contribution is 0.247. The number of carbonyl (C=O) groups is 1. The summed E-state index contributed by atoms with van der Waals surface area (Å²) in [7, 11) is 1.62. The fourth-order valence-electron chi connectivity index (χ4n) is 2.73. The van der Waals surface area contributed by atoms with Crippen LogP contribution in [0.2, 0.25) is 0 Å². The fraction of sp³-hybridized carbons (Fsp3) is 0.333. The van der Waals surface area contributed by atoms with Gasteiger partial charge in [0.05, 0.1) is 0 Å². The van der Waals surface area contributed by atoms with Crippen LogP contribution in [0.15, 0.2) is 36.4 Å². The van der Waals surface area contributed by atoms with E-state index < -0.39 is 0 Å². The second kappa shape index (κ2) is 7.29. The zero-order valence-corrected chi connectivity index (χ0v) is 13.7. The minimum atomic E-state index is -0.363. The number of amides is 2. The van der Waals surface area contributed by atoms with Gasteiger partial charge in [-0.25, -0.2) is 14.2 Å². The Morgan fingerprint density at radius 3 is 3.08 bits per heavy atom. The summed E-state index contributed by atoms with van der Waals surface area (Å²) in [4.78, 5) is 18.1. The van der Waals surface area contributed by atoms with Crippen LogP contribution in [0.4, 0.5) is 20.7 Å². The molecule has 2 N–H and O–H groups in total. The Morgan fingerprint density at radius 2 is 2.25 bits per heavy atom. The van der Waals surface area contributed by atoms with E-state index in [-0.39, 0.29) is 11.8 Å². The molecule has 0 aliphatic carbocycles. The van der Waals surface area contributed by atoms with Crippen molar-refractivity contribution in [3.8, 4) is 0 Å². The molecule has 1 aromatic carbocycles. The Balaban J connectivity index is 1.53. The molecule has 1 aliphatic rings. The number of hydrogen-bond donors (Lipinski definition) is 2. The quantitative estimate of drug-likeness (QED) is 0.907. The average molecular weight is 328 g/mol. The predicted molar refractivity (Wildman–Crippen MR) is 93.0 cm³/mol. The van der Waals surface area contributed by atoms with Crippen molar-refractivity contribution in [1.29, 1.82) is 0 Å². The molecular formula is C18H21FN4O. The number of pyridine rings is 1. The van der Waals surface area contributed by atoms with Gasteiger partial charge in [-0.1, -0.05) is 12.1 Å². The molecule has 24 heavy (non-hydrogen) atoms. The fourth-order valence-corrected chi connectivity index (χ4v) is 2.73. The van der Waals surface area contributed by atoms with Crippen LogP contribution in [0.5, 0.6) is 0 Å². The first-order valence-corrected chi connectivity index (χ1v) is 8.13. The molecule has 2 aromatic rings. The zero-order chi connectivity index (χ0) is 16.9. The second-order valence-electron chi connectivity index (χ2n) is 5.86. The van der Waals surface area contributed by atoms with Gasteiger partial charge in [-0.3, -0.25) is 4.90 Å². The molecule has 0 bridgehead atoms. The number of fused-ring (bicyclic) bond motifs is 1.